The summed E-state index contributed by atoms with van der Waals surface area (Å²) in [5, 5.41) is 19.6. The molecule has 0 spiro atoms. The van der Waals surface area contributed by atoms with Gasteiger partial charge in [0.15, 0.2) is 0 Å². The van der Waals surface area contributed by atoms with Gasteiger partial charge in [-0.3, -0.25) is 4.99 Å². The first-order valence-corrected chi connectivity index (χ1v) is 14.8. The lowest BCUT2D eigenvalue weighted by molar-refractivity contribution is 0.0733. The molecule has 0 bridgehead atoms. The molecule has 8 heteroatoms. The molecule has 222 valence electrons. The van der Waals surface area contributed by atoms with Crippen LogP contribution in [0.4, 0.5) is 17.1 Å². The number of hydrogen-bond acceptors (Lipinski definition) is 7. The van der Waals surface area contributed by atoms with Crippen molar-refractivity contribution in [2.45, 2.75) is 52.9 Å². The van der Waals surface area contributed by atoms with Crippen molar-refractivity contribution in [1.82, 2.24) is 0 Å². The summed E-state index contributed by atoms with van der Waals surface area (Å²) in [7, 11) is 0. The number of aliphatic imine (C=N–C) groups is 1. The Kier molecular flexibility index (Phi) is 11.5. The van der Waals surface area contributed by atoms with E-state index in [0.717, 1.165) is 18.4 Å². The van der Waals surface area contributed by atoms with Gasteiger partial charge in [-0.1, -0.05) is 50.3 Å². The van der Waals surface area contributed by atoms with Gasteiger partial charge in [-0.2, -0.15) is 10.2 Å². The van der Waals surface area contributed by atoms with Gasteiger partial charge in [-0.25, -0.2) is 4.79 Å². The summed E-state index contributed by atoms with van der Waals surface area (Å²) in [6.45, 7) is 6.47. The summed E-state index contributed by atoms with van der Waals surface area (Å²) < 4.78 is 11.5. The largest absolute Gasteiger partial charge is 0.507 e. The molecular weight excluding hydrogens is 562 g/mol. The van der Waals surface area contributed by atoms with Crippen molar-refractivity contribution in [2.75, 3.05) is 6.61 Å². The molecule has 4 aromatic rings. The molecule has 0 radical (unpaired) electrons. The normalized spacial score (nSPS) is 11.3. The van der Waals surface area contributed by atoms with Crippen LogP contribution in [-0.4, -0.2) is 23.9 Å². The molecule has 0 atom stereocenters. The fraction of sp³-hybridized carbons (Fsp3) is 0.257. The number of hydrogen-bond donors (Lipinski definition) is 1. The second kappa shape index (κ2) is 15.7. The fourth-order valence-corrected chi connectivity index (χ4v) is 4.46. The van der Waals surface area contributed by atoms with Gasteiger partial charge in [-0.05, 0) is 98.1 Å². The summed E-state index contributed by atoms with van der Waals surface area (Å²) in [5.74, 6) is 0.634. The quantitative estimate of drug-likeness (QED) is 0.0545. The number of ether oxygens (including phenoxy) is 2. The number of phenolic OH excluding ortho intramolecular Hbond substituents is 1. The number of halogens is 1. The van der Waals surface area contributed by atoms with Crippen LogP contribution in [0.5, 0.6) is 17.2 Å². The first-order chi connectivity index (χ1) is 20.8. The minimum absolute atomic E-state index is 0.0760. The number of phenols is 1. The predicted molar refractivity (Wildman–Crippen MR) is 173 cm³/mol. The minimum Gasteiger partial charge on any atom is -0.507 e. The lowest BCUT2D eigenvalue weighted by Crippen LogP contribution is -2.11. The highest BCUT2D eigenvalue weighted by Crippen LogP contribution is 2.29. The average Bonchev–Trinajstić information content (AvgIpc) is 3.00. The van der Waals surface area contributed by atoms with Crippen LogP contribution in [0.3, 0.4) is 0 Å². The van der Waals surface area contributed by atoms with E-state index in [2.05, 4.69) is 22.1 Å². The van der Waals surface area contributed by atoms with E-state index in [9.17, 15) is 9.90 Å². The fourth-order valence-electron chi connectivity index (χ4n) is 4.33. The summed E-state index contributed by atoms with van der Waals surface area (Å²) >= 11 is 5.92. The van der Waals surface area contributed by atoms with E-state index in [-0.39, 0.29) is 5.75 Å². The van der Waals surface area contributed by atoms with E-state index >= 15 is 0 Å². The van der Waals surface area contributed by atoms with Crippen molar-refractivity contribution in [3.05, 3.63) is 106 Å². The van der Waals surface area contributed by atoms with Gasteiger partial charge in [0.25, 0.3) is 0 Å². The Morgan fingerprint density at radius 1 is 0.884 bits per heavy atom. The van der Waals surface area contributed by atoms with Gasteiger partial charge in [0.05, 0.1) is 29.2 Å². The Bertz CT molecular complexity index is 1600. The zero-order chi connectivity index (χ0) is 30.6. The van der Waals surface area contributed by atoms with Gasteiger partial charge in [-0.15, -0.1) is 0 Å². The molecule has 0 aliphatic carbocycles. The van der Waals surface area contributed by atoms with E-state index in [0.29, 0.717) is 56.9 Å². The van der Waals surface area contributed by atoms with Crippen LogP contribution in [0.1, 0.15) is 66.1 Å². The molecule has 43 heavy (non-hydrogen) atoms. The highest BCUT2D eigenvalue weighted by Gasteiger charge is 2.15. The van der Waals surface area contributed by atoms with Gasteiger partial charge in [0.1, 0.15) is 17.2 Å². The van der Waals surface area contributed by atoms with Crippen LogP contribution in [0.2, 0.25) is 5.02 Å². The summed E-state index contributed by atoms with van der Waals surface area (Å²) in [4.78, 5) is 17.6. The molecule has 0 amide bonds. The number of carbonyl (C=O) groups is 1. The smallest absolute Gasteiger partial charge is 0.343 e. The van der Waals surface area contributed by atoms with Crippen LogP contribution in [0.25, 0.3) is 0 Å². The second-order valence-corrected chi connectivity index (χ2v) is 10.6. The van der Waals surface area contributed by atoms with Crippen molar-refractivity contribution >= 4 is 40.8 Å². The van der Waals surface area contributed by atoms with Crippen molar-refractivity contribution in [2.24, 2.45) is 15.2 Å². The Labute approximate surface area is 257 Å². The number of aryl methyl sites for hydroxylation is 1. The summed E-state index contributed by atoms with van der Waals surface area (Å²) in [5.41, 5.74) is 4.25. The minimum atomic E-state index is -0.493. The number of aromatic hydroxyl groups is 1. The van der Waals surface area contributed by atoms with Crippen LogP contribution >= 0.6 is 11.6 Å². The Balaban J connectivity index is 1.38. The molecule has 1 N–H and O–H groups in total. The first-order valence-electron chi connectivity index (χ1n) is 14.4. The zero-order valence-electron chi connectivity index (χ0n) is 24.7. The molecule has 0 aromatic heterocycles. The van der Waals surface area contributed by atoms with E-state index in [1.54, 1.807) is 79.0 Å². The number of unbranched alkanes of at least 4 members (excludes halogenated alkanes) is 4. The van der Waals surface area contributed by atoms with Crippen molar-refractivity contribution in [1.29, 1.82) is 0 Å². The van der Waals surface area contributed by atoms with Gasteiger partial charge >= 0.3 is 5.97 Å². The number of esters is 1. The molecule has 4 rings (SSSR count). The second-order valence-electron chi connectivity index (χ2n) is 10.2. The maximum atomic E-state index is 13.1. The van der Waals surface area contributed by atoms with E-state index in [1.165, 1.54) is 19.3 Å². The van der Waals surface area contributed by atoms with Gasteiger partial charge in [0.2, 0.25) is 0 Å². The highest BCUT2D eigenvalue weighted by molar-refractivity contribution is 6.30. The monoisotopic (exact) mass is 597 g/mol. The molecule has 7 nitrogen and oxygen atoms in total. The van der Waals surface area contributed by atoms with Gasteiger partial charge in [0, 0.05) is 22.9 Å². The maximum absolute atomic E-state index is 13.1. The third-order valence-electron chi connectivity index (χ3n) is 6.86. The van der Waals surface area contributed by atoms with Gasteiger partial charge < -0.3 is 14.6 Å². The van der Waals surface area contributed by atoms with Crippen LogP contribution in [0.15, 0.2) is 94.1 Å². The first kappa shape index (κ1) is 31.4. The highest BCUT2D eigenvalue weighted by atomic mass is 35.5. The Morgan fingerprint density at radius 2 is 1.63 bits per heavy atom. The molecular formula is C35H36ClN3O4. The average molecular weight is 598 g/mol. The van der Waals surface area contributed by atoms with Crippen LogP contribution < -0.4 is 9.47 Å². The molecule has 0 fully saturated rings. The lowest BCUT2D eigenvalue weighted by atomic mass is 10.1. The van der Waals surface area contributed by atoms with Crippen molar-refractivity contribution < 1.29 is 19.4 Å². The van der Waals surface area contributed by atoms with Crippen LogP contribution in [0, 0.1) is 13.8 Å². The molecule has 0 heterocycles. The molecule has 0 aliphatic heterocycles. The van der Waals surface area contributed by atoms with E-state index in [4.69, 9.17) is 21.1 Å². The standard InChI is InChI=1S/C35H36ClN3O4/c1-4-5-6-7-8-20-42-30-18-12-26(33(40)22-30)23-37-32-11-9-10-31(25(32)3)35(41)43-34-19-17-29(21-24(34)2)39-38-28-15-13-27(36)14-16-28/h9-19,21-23,40H,4-8,20H2,1-3H3. The molecule has 0 saturated heterocycles. The molecule has 4 aromatic carbocycles. The molecule has 0 saturated carbocycles. The number of azo groups is 1. The SMILES string of the molecule is CCCCCCCOc1ccc(C=Nc2cccc(C(=O)Oc3ccc(N=Nc4ccc(Cl)cc4)cc3C)c2C)c(O)c1. The predicted octanol–water partition coefficient (Wildman–Crippen LogP) is 10.4. The number of nitrogens with zero attached hydrogens (tertiary/aromatic N) is 3. The topological polar surface area (TPSA) is 92.8 Å². The van der Waals surface area contributed by atoms with E-state index in [1.807, 2.05) is 19.9 Å². The zero-order valence-corrected chi connectivity index (χ0v) is 25.5. The number of carbonyl (C=O) groups excluding carboxylic acids is 1. The maximum Gasteiger partial charge on any atom is 0.343 e. The number of rotatable bonds is 13. The Morgan fingerprint density at radius 3 is 2.37 bits per heavy atom. The van der Waals surface area contributed by atoms with E-state index < -0.39 is 5.97 Å². The number of benzene rings is 4. The van der Waals surface area contributed by atoms with Crippen molar-refractivity contribution in [3.63, 3.8) is 0 Å². The van der Waals surface area contributed by atoms with Crippen molar-refractivity contribution in [3.8, 4) is 17.2 Å². The Hall–Kier alpha value is -4.49. The third kappa shape index (κ3) is 9.25. The third-order valence-corrected chi connectivity index (χ3v) is 7.11. The summed E-state index contributed by atoms with van der Waals surface area (Å²) in [6.07, 6.45) is 7.37. The lowest BCUT2D eigenvalue weighted by Gasteiger charge is -2.11. The van der Waals surface area contributed by atoms with Crippen LogP contribution in [-0.2, 0) is 0 Å². The molecule has 0 aliphatic rings. The molecule has 0 unspecified atom stereocenters. The summed E-state index contributed by atoms with van der Waals surface area (Å²) in [6, 6.07) is 22.7.